The lowest BCUT2D eigenvalue weighted by Crippen LogP contribution is -2.32. The first-order valence-electron chi connectivity index (χ1n) is 8.31. The third-order valence-electron chi connectivity index (χ3n) is 4.25. The van der Waals surface area contributed by atoms with E-state index in [0.29, 0.717) is 16.5 Å². The number of carbonyl (C=O) groups excluding carboxylic acids is 2. The molecule has 0 saturated carbocycles. The minimum atomic E-state index is -0.220. The van der Waals surface area contributed by atoms with Gasteiger partial charge in [0.25, 0.3) is 0 Å². The zero-order valence-corrected chi connectivity index (χ0v) is 16.2. The van der Waals surface area contributed by atoms with Crippen molar-refractivity contribution in [3.05, 3.63) is 52.5 Å². The Labute approximate surface area is 158 Å². The van der Waals surface area contributed by atoms with Crippen LogP contribution in [0, 0.1) is 13.8 Å². The van der Waals surface area contributed by atoms with Crippen molar-refractivity contribution >= 4 is 34.8 Å². The van der Waals surface area contributed by atoms with Crippen molar-refractivity contribution in [2.24, 2.45) is 0 Å². The van der Waals surface area contributed by atoms with Crippen LogP contribution in [0.3, 0.4) is 0 Å². The molecule has 0 aromatic heterocycles. The summed E-state index contributed by atoms with van der Waals surface area (Å²) in [7, 11) is 1.52. The first-order valence-corrected chi connectivity index (χ1v) is 8.69. The average molecular weight is 375 g/mol. The highest BCUT2D eigenvalue weighted by molar-refractivity contribution is 6.31. The van der Waals surface area contributed by atoms with E-state index in [1.807, 2.05) is 32.0 Å². The van der Waals surface area contributed by atoms with E-state index in [4.69, 9.17) is 16.3 Å². The van der Waals surface area contributed by atoms with Gasteiger partial charge in [0.1, 0.15) is 5.75 Å². The molecule has 5 nitrogen and oxygen atoms in total. The number of benzene rings is 2. The lowest BCUT2D eigenvalue weighted by Gasteiger charge is -2.24. The summed E-state index contributed by atoms with van der Waals surface area (Å²) in [6, 6.07) is 10.8. The van der Waals surface area contributed by atoms with Crippen LogP contribution in [0.4, 0.5) is 11.4 Å². The fraction of sp³-hybridized carbons (Fsp3) is 0.300. The van der Waals surface area contributed by atoms with Crippen LogP contribution in [0.5, 0.6) is 5.75 Å². The SMILES string of the molecule is COc1ccc(Cl)cc1NC(=O)CCN(C(C)=O)c1cccc(C)c1C. The summed E-state index contributed by atoms with van der Waals surface area (Å²) in [5, 5.41) is 3.29. The molecule has 6 heteroatoms. The Balaban J connectivity index is 2.10. The summed E-state index contributed by atoms with van der Waals surface area (Å²) in [5.74, 6) is 0.203. The smallest absolute Gasteiger partial charge is 0.226 e. The van der Waals surface area contributed by atoms with Crippen LogP contribution in [0.25, 0.3) is 0 Å². The Morgan fingerprint density at radius 1 is 1.19 bits per heavy atom. The number of methoxy groups -OCH3 is 1. The minimum Gasteiger partial charge on any atom is -0.495 e. The van der Waals surface area contributed by atoms with E-state index in [-0.39, 0.29) is 24.8 Å². The van der Waals surface area contributed by atoms with E-state index in [1.165, 1.54) is 14.0 Å². The van der Waals surface area contributed by atoms with E-state index < -0.39 is 0 Å². The van der Waals surface area contributed by atoms with E-state index in [1.54, 1.807) is 23.1 Å². The van der Waals surface area contributed by atoms with Crippen LogP contribution in [-0.4, -0.2) is 25.5 Å². The number of hydrogen-bond donors (Lipinski definition) is 1. The molecule has 0 aliphatic heterocycles. The van der Waals surface area contributed by atoms with E-state index >= 15 is 0 Å². The second-order valence-electron chi connectivity index (χ2n) is 6.03. The standard InChI is InChI=1S/C20H23ClN2O3/c1-13-6-5-7-18(14(13)2)23(15(3)24)11-10-20(25)22-17-12-16(21)8-9-19(17)26-4/h5-9,12H,10-11H2,1-4H3,(H,22,25). The fourth-order valence-corrected chi connectivity index (χ4v) is 2.85. The van der Waals surface area contributed by atoms with Crippen molar-refractivity contribution in [2.45, 2.75) is 27.2 Å². The van der Waals surface area contributed by atoms with Gasteiger partial charge in [-0.1, -0.05) is 23.7 Å². The summed E-state index contributed by atoms with van der Waals surface area (Å²) in [6.07, 6.45) is 0.155. The highest BCUT2D eigenvalue weighted by Crippen LogP contribution is 2.28. The van der Waals surface area contributed by atoms with Gasteiger partial charge >= 0.3 is 0 Å². The van der Waals surface area contributed by atoms with Gasteiger partial charge in [-0.15, -0.1) is 0 Å². The van der Waals surface area contributed by atoms with Crippen LogP contribution in [0.15, 0.2) is 36.4 Å². The molecule has 2 rings (SSSR count). The molecular weight excluding hydrogens is 352 g/mol. The molecular formula is C20H23ClN2O3. The summed E-state index contributed by atoms with van der Waals surface area (Å²) in [4.78, 5) is 26.1. The number of halogens is 1. The van der Waals surface area contributed by atoms with E-state index in [2.05, 4.69) is 5.32 Å². The zero-order valence-electron chi connectivity index (χ0n) is 15.4. The number of amides is 2. The molecule has 1 N–H and O–H groups in total. The lowest BCUT2D eigenvalue weighted by molar-refractivity contribution is -0.117. The second kappa shape index (κ2) is 8.72. The first kappa shape index (κ1) is 19.8. The first-order chi connectivity index (χ1) is 12.3. The van der Waals surface area contributed by atoms with Crippen LogP contribution in [-0.2, 0) is 9.59 Å². The molecule has 0 heterocycles. The number of aryl methyl sites for hydroxylation is 1. The molecule has 2 aromatic rings. The molecule has 2 amide bonds. The highest BCUT2D eigenvalue weighted by Gasteiger charge is 2.17. The summed E-state index contributed by atoms with van der Waals surface area (Å²) in [5.41, 5.74) is 3.46. The third-order valence-corrected chi connectivity index (χ3v) is 4.48. The van der Waals surface area contributed by atoms with Crippen LogP contribution >= 0.6 is 11.6 Å². The number of ether oxygens (including phenoxy) is 1. The van der Waals surface area contributed by atoms with Gasteiger partial charge in [0, 0.05) is 30.6 Å². The molecule has 0 bridgehead atoms. The predicted molar refractivity (Wildman–Crippen MR) is 105 cm³/mol. The monoisotopic (exact) mass is 374 g/mol. The van der Waals surface area contributed by atoms with Crippen molar-refractivity contribution in [1.29, 1.82) is 0 Å². The summed E-state index contributed by atoms with van der Waals surface area (Å²) in [6.45, 7) is 5.75. The van der Waals surface area contributed by atoms with Gasteiger partial charge in [-0.3, -0.25) is 9.59 Å². The van der Waals surface area contributed by atoms with Crippen LogP contribution in [0.2, 0.25) is 5.02 Å². The normalized spacial score (nSPS) is 10.3. The average Bonchev–Trinajstić information content (AvgIpc) is 2.58. The topological polar surface area (TPSA) is 58.6 Å². The molecule has 0 atom stereocenters. The van der Waals surface area contributed by atoms with Gasteiger partial charge in [-0.05, 0) is 49.2 Å². The van der Waals surface area contributed by atoms with Gasteiger partial charge in [0.15, 0.2) is 0 Å². The van der Waals surface area contributed by atoms with Gasteiger partial charge < -0.3 is 15.0 Å². The molecule has 26 heavy (non-hydrogen) atoms. The van der Waals surface area contributed by atoms with Crippen molar-refractivity contribution in [3.63, 3.8) is 0 Å². The molecule has 0 aliphatic rings. The molecule has 0 radical (unpaired) electrons. The van der Waals surface area contributed by atoms with Crippen LogP contribution < -0.4 is 15.0 Å². The molecule has 0 aliphatic carbocycles. The van der Waals surface area contributed by atoms with Gasteiger partial charge in [0.05, 0.1) is 12.8 Å². The second-order valence-corrected chi connectivity index (χ2v) is 6.47. The van der Waals surface area contributed by atoms with Crippen LogP contribution in [0.1, 0.15) is 24.5 Å². The Morgan fingerprint density at radius 3 is 2.58 bits per heavy atom. The largest absolute Gasteiger partial charge is 0.495 e. The van der Waals surface area contributed by atoms with Crippen molar-refractivity contribution < 1.29 is 14.3 Å². The number of hydrogen-bond acceptors (Lipinski definition) is 3. The Morgan fingerprint density at radius 2 is 1.92 bits per heavy atom. The fourth-order valence-electron chi connectivity index (χ4n) is 2.68. The maximum atomic E-state index is 12.4. The number of rotatable bonds is 6. The minimum absolute atomic E-state index is 0.105. The summed E-state index contributed by atoms with van der Waals surface area (Å²) < 4.78 is 5.23. The molecule has 0 fully saturated rings. The molecule has 0 saturated heterocycles. The number of anilines is 2. The maximum Gasteiger partial charge on any atom is 0.226 e. The van der Waals surface area contributed by atoms with Crippen molar-refractivity contribution in [2.75, 3.05) is 23.9 Å². The van der Waals surface area contributed by atoms with Crippen molar-refractivity contribution in [1.82, 2.24) is 0 Å². The van der Waals surface area contributed by atoms with Gasteiger partial charge in [-0.2, -0.15) is 0 Å². The maximum absolute atomic E-state index is 12.4. The number of nitrogens with zero attached hydrogens (tertiary/aromatic N) is 1. The predicted octanol–water partition coefficient (Wildman–Crippen LogP) is 4.35. The Kier molecular flexibility index (Phi) is 6.64. The number of nitrogens with one attached hydrogen (secondary N) is 1. The zero-order chi connectivity index (χ0) is 19.3. The van der Waals surface area contributed by atoms with E-state index in [9.17, 15) is 9.59 Å². The molecule has 0 unspecified atom stereocenters. The molecule has 0 spiro atoms. The Bertz CT molecular complexity index is 821. The lowest BCUT2D eigenvalue weighted by atomic mass is 10.1. The molecule has 2 aromatic carbocycles. The molecule has 138 valence electrons. The third kappa shape index (κ3) is 4.76. The Hall–Kier alpha value is -2.53. The van der Waals surface area contributed by atoms with Gasteiger partial charge in [-0.25, -0.2) is 0 Å². The summed E-state index contributed by atoms with van der Waals surface area (Å²) >= 11 is 5.98. The van der Waals surface area contributed by atoms with E-state index in [0.717, 1.165) is 16.8 Å². The quantitative estimate of drug-likeness (QED) is 0.817. The van der Waals surface area contributed by atoms with Crippen molar-refractivity contribution in [3.8, 4) is 5.75 Å². The number of carbonyl (C=O) groups is 2. The highest BCUT2D eigenvalue weighted by atomic mass is 35.5. The van der Waals surface area contributed by atoms with Gasteiger partial charge in [0.2, 0.25) is 11.8 Å².